The van der Waals surface area contributed by atoms with Gasteiger partial charge in [0.05, 0.1) is 18.4 Å². The van der Waals surface area contributed by atoms with Crippen LogP contribution in [0.5, 0.6) is 5.75 Å². The van der Waals surface area contributed by atoms with Crippen molar-refractivity contribution in [2.24, 2.45) is 7.05 Å². The third kappa shape index (κ3) is 1.77. The molecule has 1 aromatic heterocycles. The second kappa shape index (κ2) is 4.25. The Morgan fingerprint density at radius 2 is 2.22 bits per heavy atom. The zero-order valence-corrected chi connectivity index (χ0v) is 10.3. The van der Waals surface area contributed by atoms with Crippen LogP contribution in [0.15, 0.2) is 30.5 Å². The SMILES string of the molecule is Cn1ncc(CN2CCOc3ccccc32)c1N. The molecule has 5 heteroatoms. The molecule has 0 atom stereocenters. The summed E-state index contributed by atoms with van der Waals surface area (Å²) >= 11 is 0. The number of ether oxygens (including phenoxy) is 1. The highest BCUT2D eigenvalue weighted by molar-refractivity contribution is 5.60. The van der Waals surface area contributed by atoms with Crippen molar-refractivity contribution in [1.29, 1.82) is 0 Å². The summed E-state index contributed by atoms with van der Waals surface area (Å²) < 4.78 is 7.33. The largest absolute Gasteiger partial charge is 0.490 e. The van der Waals surface area contributed by atoms with Crippen LogP contribution < -0.4 is 15.4 Å². The summed E-state index contributed by atoms with van der Waals surface area (Å²) in [5.74, 6) is 1.66. The first-order chi connectivity index (χ1) is 8.75. The van der Waals surface area contributed by atoms with Gasteiger partial charge in [-0.15, -0.1) is 0 Å². The summed E-state index contributed by atoms with van der Waals surface area (Å²) in [6.45, 7) is 2.34. The van der Waals surface area contributed by atoms with Crippen LogP contribution in [-0.4, -0.2) is 22.9 Å². The van der Waals surface area contributed by atoms with E-state index in [0.717, 1.165) is 35.9 Å². The monoisotopic (exact) mass is 244 g/mol. The number of aromatic nitrogens is 2. The van der Waals surface area contributed by atoms with Crippen LogP contribution in [0.25, 0.3) is 0 Å². The normalized spacial score (nSPS) is 14.2. The molecule has 18 heavy (non-hydrogen) atoms. The molecule has 0 radical (unpaired) electrons. The molecule has 2 aromatic rings. The van der Waals surface area contributed by atoms with Gasteiger partial charge in [0, 0.05) is 19.2 Å². The molecular formula is C13H16N4O. The summed E-state index contributed by atoms with van der Waals surface area (Å²) in [4.78, 5) is 2.27. The number of nitrogen functional groups attached to an aromatic ring is 1. The highest BCUT2D eigenvalue weighted by Gasteiger charge is 2.19. The molecule has 2 heterocycles. The highest BCUT2D eigenvalue weighted by Crippen LogP contribution is 2.32. The van der Waals surface area contributed by atoms with Gasteiger partial charge < -0.3 is 15.4 Å². The smallest absolute Gasteiger partial charge is 0.142 e. The van der Waals surface area contributed by atoms with E-state index in [1.54, 1.807) is 4.68 Å². The molecule has 0 saturated heterocycles. The standard InChI is InChI=1S/C13H16N4O/c1-16-13(14)10(8-15-16)9-17-6-7-18-12-5-3-2-4-11(12)17/h2-5,8H,6-7,9,14H2,1H3. The molecule has 94 valence electrons. The van der Waals surface area contributed by atoms with Crippen LogP contribution in [0.3, 0.4) is 0 Å². The van der Waals surface area contributed by atoms with E-state index in [9.17, 15) is 0 Å². The molecule has 0 fully saturated rings. The Hall–Kier alpha value is -2.17. The van der Waals surface area contributed by atoms with E-state index >= 15 is 0 Å². The van der Waals surface area contributed by atoms with Crippen LogP contribution in [-0.2, 0) is 13.6 Å². The van der Waals surface area contributed by atoms with Crippen molar-refractivity contribution < 1.29 is 4.74 Å². The van der Waals surface area contributed by atoms with Gasteiger partial charge in [0.1, 0.15) is 18.2 Å². The number of hydrogen-bond acceptors (Lipinski definition) is 4. The first-order valence-electron chi connectivity index (χ1n) is 5.99. The van der Waals surface area contributed by atoms with Gasteiger partial charge in [-0.2, -0.15) is 5.10 Å². The summed E-state index contributed by atoms with van der Waals surface area (Å²) in [6, 6.07) is 8.07. The lowest BCUT2D eigenvalue weighted by Crippen LogP contribution is -2.32. The predicted octanol–water partition coefficient (Wildman–Crippen LogP) is 1.40. The van der Waals surface area contributed by atoms with Crippen molar-refractivity contribution in [1.82, 2.24) is 9.78 Å². The number of fused-ring (bicyclic) bond motifs is 1. The Morgan fingerprint density at radius 3 is 3.00 bits per heavy atom. The lowest BCUT2D eigenvalue weighted by Gasteiger charge is -2.30. The van der Waals surface area contributed by atoms with Crippen LogP contribution in [0.2, 0.25) is 0 Å². The van der Waals surface area contributed by atoms with Gasteiger partial charge in [0.15, 0.2) is 0 Å². The van der Waals surface area contributed by atoms with E-state index in [-0.39, 0.29) is 0 Å². The Labute approximate surface area is 106 Å². The quantitative estimate of drug-likeness (QED) is 0.867. The maximum absolute atomic E-state index is 5.98. The van der Waals surface area contributed by atoms with Crippen molar-refractivity contribution in [2.45, 2.75) is 6.54 Å². The predicted molar refractivity (Wildman–Crippen MR) is 70.6 cm³/mol. The van der Waals surface area contributed by atoms with Crippen molar-refractivity contribution in [3.63, 3.8) is 0 Å². The molecule has 0 unspecified atom stereocenters. The minimum absolute atomic E-state index is 0.706. The van der Waals surface area contributed by atoms with Crippen molar-refractivity contribution >= 4 is 11.5 Å². The van der Waals surface area contributed by atoms with E-state index in [1.165, 1.54) is 0 Å². The molecule has 1 aliphatic rings. The number of hydrogen-bond donors (Lipinski definition) is 1. The molecule has 0 spiro atoms. The fraction of sp³-hybridized carbons (Fsp3) is 0.308. The van der Waals surface area contributed by atoms with E-state index in [0.29, 0.717) is 6.61 Å². The zero-order chi connectivity index (χ0) is 12.5. The first-order valence-corrected chi connectivity index (χ1v) is 5.99. The molecule has 0 amide bonds. The maximum atomic E-state index is 5.98. The third-order valence-corrected chi connectivity index (χ3v) is 3.25. The number of para-hydroxylation sites is 2. The Morgan fingerprint density at radius 1 is 1.39 bits per heavy atom. The average molecular weight is 244 g/mol. The molecule has 5 nitrogen and oxygen atoms in total. The molecule has 0 bridgehead atoms. The number of anilines is 2. The van der Waals surface area contributed by atoms with Crippen LogP contribution in [0.1, 0.15) is 5.56 Å². The molecule has 3 rings (SSSR count). The Kier molecular flexibility index (Phi) is 2.59. The van der Waals surface area contributed by atoms with Gasteiger partial charge in [0.2, 0.25) is 0 Å². The van der Waals surface area contributed by atoms with Crippen LogP contribution >= 0.6 is 0 Å². The maximum Gasteiger partial charge on any atom is 0.142 e. The summed E-state index contributed by atoms with van der Waals surface area (Å²) in [6.07, 6.45) is 1.83. The fourth-order valence-corrected chi connectivity index (χ4v) is 2.21. The molecule has 2 N–H and O–H groups in total. The second-order valence-electron chi connectivity index (χ2n) is 4.42. The van der Waals surface area contributed by atoms with Gasteiger partial charge in [-0.1, -0.05) is 12.1 Å². The number of aryl methyl sites for hydroxylation is 1. The van der Waals surface area contributed by atoms with Gasteiger partial charge in [-0.05, 0) is 12.1 Å². The van der Waals surface area contributed by atoms with Gasteiger partial charge >= 0.3 is 0 Å². The topological polar surface area (TPSA) is 56.3 Å². The molecule has 1 aliphatic heterocycles. The minimum Gasteiger partial charge on any atom is -0.490 e. The van der Waals surface area contributed by atoms with E-state index in [2.05, 4.69) is 16.1 Å². The summed E-state index contributed by atoms with van der Waals surface area (Å²) in [5, 5.41) is 4.17. The van der Waals surface area contributed by atoms with Gasteiger partial charge in [-0.25, -0.2) is 0 Å². The van der Waals surface area contributed by atoms with Crippen LogP contribution in [0, 0.1) is 0 Å². The summed E-state index contributed by atoms with van der Waals surface area (Å²) in [5.41, 5.74) is 8.15. The lowest BCUT2D eigenvalue weighted by atomic mass is 10.2. The number of benzene rings is 1. The van der Waals surface area contributed by atoms with Gasteiger partial charge in [0.25, 0.3) is 0 Å². The highest BCUT2D eigenvalue weighted by atomic mass is 16.5. The second-order valence-corrected chi connectivity index (χ2v) is 4.42. The van der Waals surface area contributed by atoms with Crippen LogP contribution in [0.4, 0.5) is 11.5 Å². The molecule has 1 aromatic carbocycles. The van der Waals surface area contributed by atoms with Gasteiger partial charge in [-0.3, -0.25) is 4.68 Å². The Bertz CT molecular complexity index is 564. The zero-order valence-electron chi connectivity index (χ0n) is 10.3. The number of rotatable bonds is 2. The fourth-order valence-electron chi connectivity index (χ4n) is 2.21. The van der Waals surface area contributed by atoms with E-state index in [1.807, 2.05) is 31.4 Å². The molecular weight excluding hydrogens is 228 g/mol. The number of nitrogens with two attached hydrogens (primary N) is 1. The molecule has 0 saturated carbocycles. The summed E-state index contributed by atoms with van der Waals surface area (Å²) in [7, 11) is 1.85. The number of nitrogens with zero attached hydrogens (tertiary/aromatic N) is 3. The van der Waals surface area contributed by atoms with Crippen molar-refractivity contribution in [3.05, 3.63) is 36.0 Å². The first kappa shape index (κ1) is 11.0. The van der Waals surface area contributed by atoms with Crippen molar-refractivity contribution in [2.75, 3.05) is 23.8 Å². The lowest BCUT2D eigenvalue weighted by molar-refractivity contribution is 0.307. The average Bonchev–Trinajstić information content (AvgIpc) is 2.71. The third-order valence-electron chi connectivity index (χ3n) is 3.25. The minimum atomic E-state index is 0.706. The molecule has 0 aliphatic carbocycles. The van der Waals surface area contributed by atoms with Crippen molar-refractivity contribution in [3.8, 4) is 5.75 Å². The van der Waals surface area contributed by atoms with E-state index in [4.69, 9.17) is 10.5 Å². The van der Waals surface area contributed by atoms with E-state index < -0.39 is 0 Å². The Balaban J connectivity index is 1.89.